The van der Waals surface area contributed by atoms with Gasteiger partial charge in [-0.1, -0.05) is 56.5 Å². The zero-order valence-corrected chi connectivity index (χ0v) is 17.6. The minimum absolute atomic E-state index is 0.0176. The van der Waals surface area contributed by atoms with Crippen molar-refractivity contribution in [2.24, 2.45) is 0 Å². The van der Waals surface area contributed by atoms with Gasteiger partial charge >= 0.3 is 12.1 Å². The lowest BCUT2D eigenvalue weighted by Crippen LogP contribution is -2.42. The SMILES string of the molecule is CCCCCNC(=O)CCCC[C@@H](NC(=O)OCc1ccccc1)C(=O)OCC. The molecule has 1 aromatic rings. The molecule has 0 aliphatic rings. The van der Waals surface area contributed by atoms with E-state index in [-0.39, 0.29) is 19.1 Å². The van der Waals surface area contributed by atoms with E-state index in [1.807, 2.05) is 30.3 Å². The molecule has 0 unspecified atom stereocenters. The molecule has 0 radical (unpaired) electrons. The van der Waals surface area contributed by atoms with Gasteiger partial charge in [0.15, 0.2) is 0 Å². The van der Waals surface area contributed by atoms with Crippen LogP contribution in [0, 0.1) is 0 Å². The van der Waals surface area contributed by atoms with Gasteiger partial charge in [-0.2, -0.15) is 0 Å². The highest BCUT2D eigenvalue weighted by molar-refractivity contribution is 5.81. The van der Waals surface area contributed by atoms with Crippen LogP contribution < -0.4 is 10.6 Å². The van der Waals surface area contributed by atoms with Gasteiger partial charge < -0.3 is 20.1 Å². The molecule has 1 rings (SSSR count). The number of carbonyl (C=O) groups excluding carboxylic acids is 3. The Morgan fingerprint density at radius 3 is 2.41 bits per heavy atom. The fourth-order valence-electron chi connectivity index (χ4n) is 2.72. The Hall–Kier alpha value is -2.57. The molecule has 7 heteroatoms. The van der Waals surface area contributed by atoms with E-state index < -0.39 is 18.1 Å². The predicted octanol–water partition coefficient (Wildman–Crippen LogP) is 3.71. The van der Waals surface area contributed by atoms with Gasteiger partial charge in [-0.3, -0.25) is 4.79 Å². The maximum atomic E-state index is 12.1. The first kappa shape index (κ1) is 24.5. The second-order valence-electron chi connectivity index (χ2n) is 6.81. The molecule has 0 aliphatic heterocycles. The van der Waals surface area contributed by atoms with Crippen molar-refractivity contribution in [2.75, 3.05) is 13.2 Å². The summed E-state index contributed by atoms with van der Waals surface area (Å²) in [6.45, 7) is 4.89. The summed E-state index contributed by atoms with van der Waals surface area (Å²) in [5, 5.41) is 5.46. The molecule has 0 aromatic heterocycles. The summed E-state index contributed by atoms with van der Waals surface area (Å²) in [5.41, 5.74) is 0.861. The van der Waals surface area contributed by atoms with E-state index in [4.69, 9.17) is 9.47 Å². The molecule has 7 nitrogen and oxygen atoms in total. The molecule has 0 bridgehead atoms. The van der Waals surface area contributed by atoms with Crippen molar-refractivity contribution in [3.8, 4) is 0 Å². The molecule has 1 atom stereocenters. The number of unbranched alkanes of at least 4 members (excludes halogenated alkanes) is 3. The number of ether oxygens (including phenoxy) is 2. The molecule has 0 saturated heterocycles. The molecule has 0 aliphatic carbocycles. The summed E-state index contributed by atoms with van der Waals surface area (Å²) >= 11 is 0. The van der Waals surface area contributed by atoms with Crippen molar-refractivity contribution in [2.45, 2.75) is 71.4 Å². The fourth-order valence-corrected chi connectivity index (χ4v) is 2.72. The number of nitrogens with one attached hydrogen (secondary N) is 2. The van der Waals surface area contributed by atoms with Crippen molar-refractivity contribution in [3.63, 3.8) is 0 Å². The van der Waals surface area contributed by atoms with Crippen LogP contribution in [0.1, 0.15) is 64.4 Å². The van der Waals surface area contributed by atoms with Gasteiger partial charge in [0.05, 0.1) is 6.61 Å². The number of hydrogen-bond acceptors (Lipinski definition) is 5. The number of amides is 2. The molecule has 162 valence electrons. The van der Waals surface area contributed by atoms with Crippen LogP contribution in [-0.4, -0.2) is 37.2 Å². The van der Waals surface area contributed by atoms with Gasteiger partial charge in [0, 0.05) is 13.0 Å². The smallest absolute Gasteiger partial charge is 0.408 e. The van der Waals surface area contributed by atoms with Crippen LogP contribution >= 0.6 is 0 Å². The van der Waals surface area contributed by atoms with Gasteiger partial charge in [-0.25, -0.2) is 9.59 Å². The number of alkyl carbamates (subject to hydrolysis) is 1. The van der Waals surface area contributed by atoms with Crippen molar-refractivity contribution in [1.82, 2.24) is 10.6 Å². The zero-order chi connectivity index (χ0) is 21.3. The molecular formula is C22H34N2O5. The van der Waals surface area contributed by atoms with Gasteiger partial charge in [0.25, 0.3) is 0 Å². The lowest BCUT2D eigenvalue weighted by molar-refractivity contribution is -0.145. The van der Waals surface area contributed by atoms with Crippen molar-refractivity contribution in [3.05, 3.63) is 35.9 Å². The Labute approximate surface area is 173 Å². The first-order valence-corrected chi connectivity index (χ1v) is 10.5. The summed E-state index contributed by atoms with van der Waals surface area (Å²) in [6, 6.07) is 8.51. The summed E-state index contributed by atoms with van der Waals surface area (Å²) in [6.07, 6.45) is 4.59. The average molecular weight is 407 g/mol. The predicted molar refractivity (Wildman–Crippen MR) is 111 cm³/mol. The Kier molecular flexibility index (Phi) is 13.0. The van der Waals surface area contributed by atoms with Crippen molar-refractivity contribution in [1.29, 1.82) is 0 Å². The normalized spacial score (nSPS) is 11.4. The Bertz CT molecular complexity index is 606. The average Bonchev–Trinajstić information content (AvgIpc) is 2.72. The summed E-state index contributed by atoms with van der Waals surface area (Å²) < 4.78 is 10.2. The van der Waals surface area contributed by atoms with E-state index in [1.54, 1.807) is 6.92 Å². The maximum Gasteiger partial charge on any atom is 0.408 e. The van der Waals surface area contributed by atoms with Gasteiger partial charge in [0.1, 0.15) is 12.6 Å². The third kappa shape index (κ3) is 11.8. The molecule has 0 saturated carbocycles. The van der Waals surface area contributed by atoms with Crippen molar-refractivity contribution < 1.29 is 23.9 Å². The first-order chi connectivity index (χ1) is 14.1. The minimum atomic E-state index is -0.786. The van der Waals surface area contributed by atoms with Gasteiger partial charge in [-0.05, 0) is 31.7 Å². The number of rotatable bonds is 14. The topological polar surface area (TPSA) is 93.7 Å². The zero-order valence-electron chi connectivity index (χ0n) is 17.6. The Morgan fingerprint density at radius 1 is 0.966 bits per heavy atom. The van der Waals surface area contributed by atoms with Crippen LogP contribution in [0.2, 0.25) is 0 Å². The van der Waals surface area contributed by atoms with Crippen LogP contribution in [0.5, 0.6) is 0 Å². The van der Waals surface area contributed by atoms with E-state index in [0.29, 0.717) is 32.2 Å². The molecule has 0 fully saturated rings. The summed E-state index contributed by atoms with van der Waals surface area (Å²) in [5.74, 6) is -0.475. The minimum Gasteiger partial charge on any atom is -0.464 e. The van der Waals surface area contributed by atoms with E-state index in [2.05, 4.69) is 17.6 Å². The van der Waals surface area contributed by atoms with E-state index >= 15 is 0 Å². The van der Waals surface area contributed by atoms with Crippen LogP contribution in [-0.2, 0) is 25.7 Å². The highest BCUT2D eigenvalue weighted by Crippen LogP contribution is 2.07. The third-order valence-electron chi connectivity index (χ3n) is 4.33. The van der Waals surface area contributed by atoms with Crippen LogP contribution in [0.3, 0.4) is 0 Å². The standard InChI is InChI=1S/C22H34N2O5/c1-3-5-11-16-23-20(25)15-10-9-14-19(21(26)28-4-2)24-22(27)29-17-18-12-7-6-8-13-18/h6-8,12-13,19H,3-5,9-11,14-17H2,1-2H3,(H,23,25)(H,24,27)/t19-/m1/s1. The number of carbonyl (C=O) groups is 3. The van der Waals surface area contributed by atoms with Crippen LogP contribution in [0.15, 0.2) is 30.3 Å². The van der Waals surface area contributed by atoms with E-state index in [1.165, 1.54) is 0 Å². The van der Waals surface area contributed by atoms with E-state index in [9.17, 15) is 14.4 Å². The van der Waals surface area contributed by atoms with Crippen LogP contribution in [0.4, 0.5) is 4.79 Å². The molecular weight excluding hydrogens is 372 g/mol. The molecule has 0 heterocycles. The largest absolute Gasteiger partial charge is 0.464 e. The quantitative estimate of drug-likeness (QED) is 0.363. The fraction of sp³-hybridized carbons (Fsp3) is 0.591. The molecule has 1 aromatic carbocycles. The maximum absolute atomic E-state index is 12.1. The highest BCUT2D eigenvalue weighted by Gasteiger charge is 2.22. The van der Waals surface area contributed by atoms with Gasteiger partial charge in [0.2, 0.25) is 5.91 Å². The van der Waals surface area contributed by atoms with E-state index in [0.717, 1.165) is 24.8 Å². The lowest BCUT2D eigenvalue weighted by atomic mass is 10.1. The molecule has 2 amide bonds. The van der Waals surface area contributed by atoms with Gasteiger partial charge in [-0.15, -0.1) is 0 Å². The second-order valence-corrected chi connectivity index (χ2v) is 6.81. The summed E-state index contributed by atoms with van der Waals surface area (Å²) in [7, 11) is 0. The number of benzene rings is 1. The van der Waals surface area contributed by atoms with Crippen molar-refractivity contribution >= 4 is 18.0 Å². The molecule has 0 spiro atoms. The first-order valence-electron chi connectivity index (χ1n) is 10.5. The number of esters is 1. The highest BCUT2D eigenvalue weighted by atomic mass is 16.6. The monoisotopic (exact) mass is 406 g/mol. The lowest BCUT2D eigenvalue weighted by Gasteiger charge is -2.17. The summed E-state index contributed by atoms with van der Waals surface area (Å²) in [4.78, 5) is 35.9. The Morgan fingerprint density at radius 2 is 1.72 bits per heavy atom. The number of hydrogen-bond donors (Lipinski definition) is 2. The third-order valence-corrected chi connectivity index (χ3v) is 4.33. The molecule has 29 heavy (non-hydrogen) atoms. The molecule has 2 N–H and O–H groups in total. The Balaban J connectivity index is 2.34. The second kappa shape index (κ2) is 15.4. The van der Waals surface area contributed by atoms with Crippen LogP contribution in [0.25, 0.3) is 0 Å².